The summed E-state index contributed by atoms with van der Waals surface area (Å²) in [6, 6.07) is 12.0. The zero-order valence-corrected chi connectivity index (χ0v) is 19.3. The quantitative estimate of drug-likeness (QED) is 0.251. The molecule has 0 aliphatic carbocycles. The van der Waals surface area contributed by atoms with Crippen molar-refractivity contribution in [2.45, 2.75) is 13.1 Å². The normalized spacial score (nSPS) is 11.9. The van der Waals surface area contributed by atoms with Crippen LogP contribution in [0.15, 0.2) is 59.0 Å². The number of furan rings is 1. The van der Waals surface area contributed by atoms with Crippen molar-refractivity contribution in [2.75, 3.05) is 0 Å². The van der Waals surface area contributed by atoms with Crippen LogP contribution in [-0.4, -0.2) is 25.5 Å². The molecule has 3 heterocycles. The summed E-state index contributed by atoms with van der Waals surface area (Å²) in [7, 11) is 0. The van der Waals surface area contributed by atoms with E-state index < -0.39 is 29.2 Å². The first kappa shape index (κ1) is 23.0. The van der Waals surface area contributed by atoms with E-state index >= 15 is 0 Å². The summed E-state index contributed by atoms with van der Waals surface area (Å²) in [6.07, 6.45) is -4.57. The first-order valence-electron chi connectivity index (χ1n) is 10.1. The van der Waals surface area contributed by atoms with E-state index in [2.05, 4.69) is 4.98 Å². The Morgan fingerprint density at radius 1 is 1.09 bits per heavy atom. The number of benzene rings is 2. The molecule has 0 fully saturated rings. The fourth-order valence-corrected chi connectivity index (χ4v) is 4.99. The number of para-hydroxylation sites is 1. The monoisotopic (exact) mass is 518 g/mol. The number of aromatic hydroxyl groups is 2. The fourth-order valence-electron chi connectivity index (χ4n) is 3.72. The van der Waals surface area contributed by atoms with Crippen molar-refractivity contribution in [1.29, 1.82) is 0 Å². The van der Waals surface area contributed by atoms with Crippen LogP contribution in [0.5, 0.6) is 11.6 Å². The highest BCUT2D eigenvalue weighted by atomic mass is 35.5. The number of nitrogens with zero attached hydrogens (tertiary/aromatic N) is 2. The van der Waals surface area contributed by atoms with Crippen molar-refractivity contribution in [2.24, 2.45) is 0 Å². The van der Waals surface area contributed by atoms with E-state index in [-0.39, 0.29) is 27.7 Å². The molecule has 35 heavy (non-hydrogen) atoms. The van der Waals surface area contributed by atoms with Crippen molar-refractivity contribution in [3.63, 3.8) is 0 Å². The van der Waals surface area contributed by atoms with Gasteiger partial charge in [-0.1, -0.05) is 41.1 Å². The average molecular weight is 519 g/mol. The lowest BCUT2D eigenvalue weighted by Crippen LogP contribution is -2.06. The van der Waals surface area contributed by atoms with Gasteiger partial charge in [0.25, 0.3) is 0 Å². The lowest BCUT2D eigenvalue weighted by atomic mass is 10.0. The number of hydrogen-bond acceptors (Lipinski definition) is 6. The van der Waals surface area contributed by atoms with E-state index in [9.17, 15) is 28.2 Å². The summed E-state index contributed by atoms with van der Waals surface area (Å²) in [6.45, 7) is 1.63. The van der Waals surface area contributed by atoms with Gasteiger partial charge in [0.05, 0.1) is 26.5 Å². The van der Waals surface area contributed by atoms with Gasteiger partial charge in [-0.25, -0.2) is 4.98 Å². The minimum absolute atomic E-state index is 0.0528. The van der Waals surface area contributed by atoms with Gasteiger partial charge >= 0.3 is 6.18 Å². The Morgan fingerprint density at radius 3 is 2.40 bits per heavy atom. The molecule has 3 aromatic heterocycles. The van der Waals surface area contributed by atoms with E-state index in [1.807, 2.05) is 0 Å². The van der Waals surface area contributed by atoms with Crippen molar-refractivity contribution in [3.05, 3.63) is 82.3 Å². The lowest BCUT2D eigenvalue weighted by Gasteiger charge is -2.11. The Bertz CT molecular complexity index is 1600. The summed E-state index contributed by atoms with van der Waals surface area (Å²) < 4.78 is 46.6. The molecule has 0 aliphatic heterocycles. The minimum atomic E-state index is -4.57. The number of aryl methyl sites for hydroxylation is 1. The second kappa shape index (κ2) is 8.17. The number of hydrogen-bond donors (Lipinski definition) is 2. The molecule has 0 aliphatic rings. The molecule has 0 amide bonds. The zero-order chi connectivity index (χ0) is 25.1. The Kier molecular flexibility index (Phi) is 5.37. The Morgan fingerprint density at radius 2 is 1.80 bits per heavy atom. The van der Waals surface area contributed by atoms with Gasteiger partial charge in [-0.05, 0) is 48.9 Å². The molecule has 0 saturated carbocycles. The molecule has 0 atom stereocenters. The minimum Gasteiger partial charge on any atom is -0.503 e. The lowest BCUT2D eigenvalue weighted by molar-refractivity contribution is -0.137. The number of halogens is 4. The third-order valence-corrected chi connectivity index (χ3v) is 6.66. The Labute approximate surface area is 204 Å². The number of thiazole rings is 1. The maximum Gasteiger partial charge on any atom is 0.416 e. The van der Waals surface area contributed by atoms with Gasteiger partial charge in [0.15, 0.2) is 16.6 Å². The molecule has 0 radical (unpaired) electrons. The molecule has 0 saturated heterocycles. The summed E-state index contributed by atoms with van der Waals surface area (Å²) in [4.78, 5) is 17.8. The highest BCUT2D eigenvalue weighted by Crippen LogP contribution is 2.46. The molecule has 2 N–H and O–H groups in total. The molecule has 0 unspecified atom stereocenters. The maximum absolute atomic E-state index is 13.3. The van der Waals surface area contributed by atoms with Crippen molar-refractivity contribution in [1.82, 2.24) is 9.55 Å². The number of aromatic nitrogens is 2. The van der Waals surface area contributed by atoms with Crippen LogP contribution in [-0.2, 0) is 6.18 Å². The highest BCUT2D eigenvalue weighted by molar-refractivity contribution is 7.21. The van der Waals surface area contributed by atoms with E-state index in [4.69, 9.17) is 16.0 Å². The predicted octanol–water partition coefficient (Wildman–Crippen LogP) is 6.97. The number of ketones is 1. The number of rotatable bonds is 4. The van der Waals surface area contributed by atoms with Crippen LogP contribution in [0.25, 0.3) is 26.6 Å². The van der Waals surface area contributed by atoms with E-state index in [1.165, 1.54) is 6.07 Å². The summed E-state index contributed by atoms with van der Waals surface area (Å²) >= 11 is 7.34. The van der Waals surface area contributed by atoms with Gasteiger partial charge in [0.1, 0.15) is 11.3 Å². The van der Waals surface area contributed by atoms with E-state index in [1.54, 1.807) is 31.2 Å². The standard InChI is InChI=1S/C24H14ClF3N2O4S/c1-11-5-10-15(34-11)20(31)17-19(12-6-8-13(9-7-12)24(26,27)28)30(22(33)21(17)32)23-29-18-14(25)3-2-4-16(18)35-23/h2-10,32-33H,1H3. The molecule has 5 aromatic rings. The third-order valence-electron chi connectivity index (χ3n) is 5.35. The first-order valence-corrected chi connectivity index (χ1v) is 11.3. The highest BCUT2D eigenvalue weighted by Gasteiger charge is 2.34. The van der Waals surface area contributed by atoms with Crippen LogP contribution in [0, 0.1) is 6.92 Å². The fraction of sp³-hybridized carbons (Fsp3) is 0.0833. The van der Waals surface area contributed by atoms with Gasteiger partial charge in [-0.2, -0.15) is 13.2 Å². The number of carbonyl (C=O) groups excluding carboxylic acids is 1. The van der Waals surface area contributed by atoms with E-state index in [0.717, 1.165) is 40.2 Å². The molecular formula is C24H14ClF3N2O4S. The first-order chi connectivity index (χ1) is 16.6. The average Bonchev–Trinajstić information content (AvgIpc) is 3.50. The molecule has 0 spiro atoms. The molecule has 0 bridgehead atoms. The van der Waals surface area contributed by atoms with Crippen LogP contribution in [0.2, 0.25) is 5.02 Å². The summed E-state index contributed by atoms with van der Waals surface area (Å²) in [5, 5.41) is 22.2. The molecule has 2 aromatic carbocycles. The molecule has 5 rings (SSSR count). The molecule has 6 nitrogen and oxygen atoms in total. The van der Waals surface area contributed by atoms with Crippen LogP contribution in [0.3, 0.4) is 0 Å². The summed E-state index contributed by atoms with van der Waals surface area (Å²) in [5.74, 6) is -1.91. The number of carbonyl (C=O) groups is 1. The number of fused-ring (bicyclic) bond motifs is 1. The number of alkyl halides is 3. The smallest absolute Gasteiger partial charge is 0.416 e. The van der Waals surface area contributed by atoms with Crippen LogP contribution < -0.4 is 0 Å². The van der Waals surface area contributed by atoms with Crippen LogP contribution in [0.4, 0.5) is 13.2 Å². The third kappa shape index (κ3) is 3.84. The van der Waals surface area contributed by atoms with Gasteiger partial charge in [0.2, 0.25) is 11.7 Å². The van der Waals surface area contributed by atoms with Gasteiger partial charge < -0.3 is 14.6 Å². The second-order valence-corrected chi connectivity index (χ2v) is 9.05. The zero-order valence-electron chi connectivity index (χ0n) is 17.7. The Hall–Kier alpha value is -3.76. The molecule has 178 valence electrons. The maximum atomic E-state index is 13.3. The van der Waals surface area contributed by atoms with Crippen LogP contribution in [0.1, 0.15) is 27.4 Å². The van der Waals surface area contributed by atoms with Gasteiger partial charge in [-0.15, -0.1) is 0 Å². The van der Waals surface area contributed by atoms with Crippen molar-refractivity contribution < 1.29 is 32.6 Å². The second-order valence-electron chi connectivity index (χ2n) is 7.63. The van der Waals surface area contributed by atoms with Crippen molar-refractivity contribution in [3.8, 4) is 28.0 Å². The van der Waals surface area contributed by atoms with Crippen molar-refractivity contribution >= 4 is 38.9 Å². The predicted molar refractivity (Wildman–Crippen MR) is 125 cm³/mol. The molecular weight excluding hydrogens is 505 g/mol. The largest absolute Gasteiger partial charge is 0.503 e. The molecule has 11 heteroatoms. The topological polar surface area (TPSA) is 88.5 Å². The van der Waals surface area contributed by atoms with Gasteiger partial charge in [-0.3, -0.25) is 9.36 Å². The van der Waals surface area contributed by atoms with Gasteiger partial charge in [0, 0.05) is 0 Å². The van der Waals surface area contributed by atoms with Crippen LogP contribution >= 0.6 is 22.9 Å². The van der Waals surface area contributed by atoms with E-state index in [0.29, 0.717) is 21.0 Å². The Balaban J connectivity index is 1.79. The SMILES string of the molecule is Cc1ccc(C(=O)c2c(O)c(O)n(-c3nc4c(Cl)cccc4s3)c2-c2ccc(C(F)(F)F)cc2)o1. The summed E-state index contributed by atoms with van der Waals surface area (Å²) in [5.41, 5.74) is -0.737.